The fraction of sp³-hybridized carbons (Fsp3) is 0.400. The monoisotopic (exact) mass is 243 g/mol. The highest BCUT2D eigenvalue weighted by molar-refractivity contribution is 7.79. The van der Waals surface area contributed by atoms with Crippen molar-refractivity contribution < 1.29 is 0 Å². The zero-order chi connectivity index (χ0) is 11.8. The Kier molecular flexibility index (Phi) is 2.83. The number of hydrogen-bond acceptors (Lipinski definition) is 2. The van der Waals surface area contributed by atoms with E-state index in [0.29, 0.717) is 0 Å². The first-order chi connectivity index (χ1) is 8.29. The fourth-order valence-electron chi connectivity index (χ4n) is 2.82. The highest BCUT2D eigenvalue weighted by Gasteiger charge is 2.16. The van der Waals surface area contributed by atoms with Crippen molar-refractivity contribution in [2.75, 3.05) is 0 Å². The predicted octanol–water partition coefficient (Wildman–Crippen LogP) is 3.85. The van der Waals surface area contributed by atoms with Crippen molar-refractivity contribution in [3.63, 3.8) is 0 Å². The number of fused-ring (bicyclic) bond motifs is 2. The minimum atomic E-state index is 0.824. The van der Waals surface area contributed by atoms with Gasteiger partial charge in [-0.25, -0.2) is 0 Å². The van der Waals surface area contributed by atoms with E-state index in [-0.39, 0.29) is 0 Å². The number of aryl methyl sites for hydroxylation is 2. The number of pyridine rings is 1. The summed E-state index contributed by atoms with van der Waals surface area (Å²) in [5.74, 6) is 0.824. The summed E-state index contributed by atoms with van der Waals surface area (Å²) in [6.45, 7) is 2.14. The van der Waals surface area contributed by atoms with Gasteiger partial charge in [-0.2, -0.15) is 12.6 Å². The Morgan fingerprint density at radius 3 is 2.88 bits per heavy atom. The second-order valence-electron chi connectivity index (χ2n) is 4.90. The van der Waals surface area contributed by atoms with Crippen LogP contribution in [0.15, 0.2) is 18.2 Å². The Bertz CT molecular complexity index is 575. The first kappa shape index (κ1) is 11.1. The van der Waals surface area contributed by atoms with Gasteiger partial charge < -0.3 is 0 Å². The van der Waals surface area contributed by atoms with Crippen molar-refractivity contribution in [1.29, 1.82) is 0 Å². The largest absolute Gasteiger partial charge is 0.253 e. The zero-order valence-electron chi connectivity index (χ0n) is 10.2. The number of nitrogens with zero attached hydrogens (tertiary/aromatic N) is 1. The van der Waals surface area contributed by atoms with E-state index >= 15 is 0 Å². The molecule has 3 rings (SSSR count). The van der Waals surface area contributed by atoms with Crippen molar-refractivity contribution in [2.45, 2.75) is 38.4 Å². The van der Waals surface area contributed by atoms with E-state index in [0.717, 1.165) is 17.7 Å². The molecule has 0 unspecified atom stereocenters. The van der Waals surface area contributed by atoms with Gasteiger partial charge in [-0.1, -0.05) is 11.6 Å². The van der Waals surface area contributed by atoms with Crippen molar-refractivity contribution in [3.05, 3.63) is 40.6 Å². The molecule has 0 spiro atoms. The van der Waals surface area contributed by atoms with E-state index in [1.165, 1.54) is 47.0 Å². The smallest absolute Gasteiger partial charge is 0.0708 e. The summed E-state index contributed by atoms with van der Waals surface area (Å²) < 4.78 is 0. The van der Waals surface area contributed by atoms with Crippen LogP contribution >= 0.6 is 12.6 Å². The molecule has 1 aromatic heterocycles. The number of hydrogen-bond donors (Lipinski definition) is 1. The third-order valence-corrected chi connectivity index (χ3v) is 4.01. The zero-order valence-corrected chi connectivity index (χ0v) is 11.1. The van der Waals surface area contributed by atoms with Gasteiger partial charge in [0.1, 0.15) is 0 Å². The van der Waals surface area contributed by atoms with E-state index in [2.05, 4.69) is 37.8 Å². The molecule has 0 saturated heterocycles. The summed E-state index contributed by atoms with van der Waals surface area (Å²) in [5.41, 5.74) is 6.65. The molecule has 1 aromatic carbocycles. The lowest BCUT2D eigenvalue weighted by atomic mass is 9.90. The van der Waals surface area contributed by atoms with Gasteiger partial charge in [0.05, 0.1) is 5.52 Å². The molecule has 88 valence electrons. The molecule has 0 bridgehead atoms. The maximum absolute atomic E-state index is 4.83. The molecule has 1 heterocycles. The van der Waals surface area contributed by atoms with E-state index < -0.39 is 0 Å². The Morgan fingerprint density at radius 1 is 1.24 bits per heavy atom. The average molecular weight is 243 g/mol. The summed E-state index contributed by atoms with van der Waals surface area (Å²) in [6, 6.07) is 6.54. The third-order valence-electron chi connectivity index (χ3n) is 3.69. The van der Waals surface area contributed by atoms with Crippen LogP contribution in [0.5, 0.6) is 0 Å². The van der Waals surface area contributed by atoms with Crippen LogP contribution in [-0.4, -0.2) is 4.98 Å². The summed E-state index contributed by atoms with van der Waals surface area (Å²) in [4.78, 5) is 4.83. The SMILES string of the molecule is Cc1ccc2nc3c(c(CS)c2c1)CCCC3. The second kappa shape index (κ2) is 4.34. The van der Waals surface area contributed by atoms with E-state index in [9.17, 15) is 0 Å². The maximum atomic E-state index is 4.83. The van der Waals surface area contributed by atoms with Gasteiger partial charge in [0.15, 0.2) is 0 Å². The van der Waals surface area contributed by atoms with Gasteiger partial charge >= 0.3 is 0 Å². The molecule has 0 radical (unpaired) electrons. The lowest BCUT2D eigenvalue weighted by molar-refractivity contribution is 0.667. The molecule has 2 heteroatoms. The molecule has 1 nitrogen and oxygen atoms in total. The molecule has 0 aliphatic heterocycles. The van der Waals surface area contributed by atoms with E-state index in [4.69, 9.17) is 4.98 Å². The van der Waals surface area contributed by atoms with Gasteiger partial charge in [-0.3, -0.25) is 4.98 Å². The number of thiol groups is 1. The van der Waals surface area contributed by atoms with Gasteiger partial charge in [0.2, 0.25) is 0 Å². The molecular formula is C15H17NS. The van der Waals surface area contributed by atoms with Crippen LogP contribution in [0.1, 0.15) is 35.2 Å². The molecule has 0 saturated carbocycles. The maximum Gasteiger partial charge on any atom is 0.0708 e. The number of benzene rings is 1. The van der Waals surface area contributed by atoms with Gasteiger partial charge in [-0.15, -0.1) is 0 Å². The standard InChI is InChI=1S/C15H17NS/c1-10-6-7-15-12(8-10)13(9-17)11-4-2-3-5-14(11)16-15/h6-8,17H,2-5,9H2,1H3. The first-order valence-electron chi connectivity index (χ1n) is 6.31. The van der Waals surface area contributed by atoms with Crippen LogP contribution in [0.3, 0.4) is 0 Å². The Hall–Kier alpha value is -1.02. The quantitative estimate of drug-likeness (QED) is 0.751. The van der Waals surface area contributed by atoms with Gasteiger partial charge in [0, 0.05) is 16.8 Å². The highest BCUT2D eigenvalue weighted by Crippen LogP contribution is 2.30. The molecular weight excluding hydrogens is 226 g/mol. The normalized spacial score (nSPS) is 14.9. The van der Waals surface area contributed by atoms with Crippen LogP contribution < -0.4 is 0 Å². The Balaban J connectivity index is 2.35. The summed E-state index contributed by atoms with van der Waals surface area (Å²) in [5, 5.41) is 1.31. The minimum Gasteiger partial charge on any atom is -0.253 e. The minimum absolute atomic E-state index is 0.824. The summed E-state index contributed by atoms with van der Waals surface area (Å²) in [7, 11) is 0. The molecule has 2 aromatic rings. The second-order valence-corrected chi connectivity index (χ2v) is 5.22. The predicted molar refractivity (Wildman–Crippen MR) is 75.8 cm³/mol. The van der Waals surface area contributed by atoms with Gasteiger partial charge in [0.25, 0.3) is 0 Å². The number of rotatable bonds is 1. The van der Waals surface area contributed by atoms with Crippen molar-refractivity contribution >= 4 is 23.5 Å². The lowest BCUT2D eigenvalue weighted by Crippen LogP contribution is -2.09. The first-order valence-corrected chi connectivity index (χ1v) is 6.94. The summed E-state index contributed by atoms with van der Waals surface area (Å²) >= 11 is 4.53. The summed E-state index contributed by atoms with van der Waals surface area (Å²) in [6.07, 6.45) is 4.90. The van der Waals surface area contributed by atoms with E-state index in [1.807, 2.05) is 0 Å². The fourth-order valence-corrected chi connectivity index (χ4v) is 3.18. The molecule has 1 aliphatic rings. The van der Waals surface area contributed by atoms with Crippen molar-refractivity contribution in [1.82, 2.24) is 4.98 Å². The average Bonchev–Trinajstić information content (AvgIpc) is 2.36. The Labute approximate surface area is 108 Å². The van der Waals surface area contributed by atoms with Crippen LogP contribution in [0, 0.1) is 6.92 Å². The number of aromatic nitrogens is 1. The van der Waals surface area contributed by atoms with Crippen LogP contribution in [0.25, 0.3) is 10.9 Å². The Morgan fingerprint density at radius 2 is 2.06 bits per heavy atom. The topological polar surface area (TPSA) is 12.9 Å². The van der Waals surface area contributed by atoms with E-state index in [1.54, 1.807) is 0 Å². The van der Waals surface area contributed by atoms with Crippen LogP contribution in [0.4, 0.5) is 0 Å². The highest BCUT2D eigenvalue weighted by atomic mass is 32.1. The lowest BCUT2D eigenvalue weighted by Gasteiger charge is -2.20. The van der Waals surface area contributed by atoms with Crippen molar-refractivity contribution in [2.24, 2.45) is 0 Å². The van der Waals surface area contributed by atoms with Gasteiger partial charge in [-0.05, 0) is 55.9 Å². The molecule has 0 atom stereocenters. The molecule has 0 fully saturated rings. The molecule has 0 N–H and O–H groups in total. The molecule has 0 amide bonds. The van der Waals surface area contributed by atoms with Crippen LogP contribution in [-0.2, 0) is 18.6 Å². The molecule has 17 heavy (non-hydrogen) atoms. The van der Waals surface area contributed by atoms with Crippen LogP contribution in [0.2, 0.25) is 0 Å². The third kappa shape index (κ3) is 1.85. The molecule has 1 aliphatic carbocycles. The van der Waals surface area contributed by atoms with Crippen molar-refractivity contribution in [3.8, 4) is 0 Å².